The Bertz CT molecular complexity index is 443. The fraction of sp³-hybridized carbons (Fsp3) is 0.733. The van der Waals surface area contributed by atoms with Crippen molar-refractivity contribution in [1.82, 2.24) is 9.80 Å². The Morgan fingerprint density at radius 2 is 2.05 bits per heavy atom. The first-order valence-corrected chi connectivity index (χ1v) is 8.37. The van der Waals surface area contributed by atoms with E-state index in [0.717, 1.165) is 12.8 Å². The van der Waals surface area contributed by atoms with Crippen molar-refractivity contribution in [2.45, 2.75) is 50.6 Å². The lowest BCUT2D eigenvalue weighted by molar-refractivity contribution is -0.141. The van der Waals surface area contributed by atoms with E-state index in [2.05, 4.69) is 6.58 Å². The highest BCUT2D eigenvalue weighted by Gasteiger charge is 2.49. The summed E-state index contributed by atoms with van der Waals surface area (Å²) in [6.45, 7) is 10.0. The second-order valence-corrected chi connectivity index (χ2v) is 7.82. The summed E-state index contributed by atoms with van der Waals surface area (Å²) >= 11 is 1.60. The SMILES string of the molecule is C=CCN(C(=O)N1C(C(=O)O)CSC1C1CC1)C(C)(C)C. The minimum atomic E-state index is -0.911. The van der Waals surface area contributed by atoms with Gasteiger partial charge in [0.25, 0.3) is 0 Å². The number of rotatable bonds is 4. The molecule has 6 heteroatoms. The zero-order valence-corrected chi connectivity index (χ0v) is 13.7. The number of thioether (sulfide) groups is 1. The predicted molar refractivity (Wildman–Crippen MR) is 84.3 cm³/mol. The van der Waals surface area contributed by atoms with Crippen molar-refractivity contribution < 1.29 is 14.7 Å². The summed E-state index contributed by atoms with van der Waals surface area (Å²) < 4.78 is 0. The van der Waals surface area contributed by atoms with Crippen molar-refractivity contribution in [1.29, 1.82) is 0 Å². The second kappa shape index (κ2) is 5.91. The molecule has 1 heterocycles. The topological polar surface area (TPSA) is 60.9 Å². The van der Waals surface area contributed by atoms with Crippen LogP contribution in [0.2, 0.25) is 0 Å². The lowest BCUT2D eigenvalue weighted by Gasteiger charge is -2.40. The van der Waals surface area contributed by atoms with Gasteiger partial charge in [0.05, 0.1) is 5.37 Å². The van der Waals surface area contributed by atoms with Gasteiger partial charge in [-0.3, -0.25) is 4.90 Å². The first-order chi connectivity index (χ1) is 9.77. The maximum atomic E-state index is 13.0. The quantitative estimate of drug-likeness (QED) is 0.811. The van der Waals surface area contributed by atoms with Crippen molar-refractivity contribution in [2.75, 3.05) is 12.3 Å². The molecule has 2 aliphatic rings. The lowest BCUT2D eigenvalue weighted by Crippen LogP contribution is -2.57. The normalized spacial score (nSPS) is 25.8. The molecule has 2 amide bonds. The Labute approximate surface area is 130 Å². The highest BCUT2D eigenvalue weighted by atomic mass is 32.2. The zero-order chi connectivity index (χ0) is 15.8. The third-order valence-corrected chi connectivity index (χ3v) is 5.38. The summed E-state index contributed by atoms with van der Waals surface area (Å²) in [6, 6.07) is -0.903. The van der Waals surface area contributed by atoms with Gasteiger partial charge in [-0.05, 0) is 39.5 Å². The third kappa shape index (κ3) is 3.36. The Morgan fingerprint density at radius 3 is 2.48 bits per heavy atom. The van der Waals surface area contributed by atoms with Crippen LogP contribution in [-0.2, 0) is 4.79 Å². The van der Waals surface area contributed by atoms with E-state index in [-0.39, 0.29) is 16.9 Å². The summed E-state index contributed by atoms with van der Waals surface area (Å²) in [5, 5.41) is 9.43. The molecule has 2 rings (SSSR count). The minimum absolute atomic E-state index is 0.00765. The predicted octanol–water partition coefficient (Wildman–Crippen LogP) is 2.63. The summed E-state index contributed by atoms with van der Waals surface area (Å²) in [6.07, 6.45) is 3.86. The van der Waals surface area contributed by atoms with Crippen molar-refractivity contribution in [3.05, 3.63) is 12.7 Å². The number of carboxylic acids is 1. The molecular formula is C15H24N2O3S. The molecule has 0 aromatic rings. The molecule has 0 spiro atoms. The van der Waals surface area contributed by atoms with Crippen LogP contribution in [0.5, 0.6) is 0 Å². The maximum Gasteiger partial charge on any atom is 0.327 e. The number of carboxylic acid groups (broad SMARTS) is 1. The van der Waals surface area contributed by atoms with Gasteiger partial charge in [0.2, 0.25) is 0 Å². The molecule has 1 saturated carbocycles. The number of aliphatic carboxylic acids is 1. The van der Waals surface area contributed by atoms with Crippen molar-refractivity contribution in [3.8, 4) is 0 Å². The Balaban J connectivity index is 2.26. The number of hydrogen-bond acceptors (Lipinski definition) is 3. The molecule has 2 fully saturated rings. The van der Waals surface area contributed by atoms with Crippen LogP contribution in [0.25, 0.3) is 0 Å². The van der Waals surface area contributed by atoms with Crippen LogP contribution in [0.1, 0.15) is 33.6 Å². The van der Waals surface area contributed by atoms with E-state index >= 15 is 0 Å². The lowest BCUT2D eigenvalue weighted by atomic mass is 10.1. The van der Waals surface area contributed by atoms with Gasteiger partial charge in [-0.1, -0.05) is 6.08 Å². The van der Waals surface area contributed by atoms with E-state index in [1.54, 1.807) is 27.6 Å². The van der Waals surface area contributed by atoms with Gasteiger partial charge in [-0.15, -0.1) is 18.3 Å². The number of amides is 2. The first kappa shape index (κ1) is 16.2. The number of urea groups is 1. The van der Waals surface area contributed by atoms with E-state index < -0.39 is 12.0 Å². The summed E-state index contributed by atoms with van der Waals surface area (Å²) in [7, 11) is 0. The summed E-state index contributed by atoms with van der Waals surface area (Å²) in [5.41, 5.74) is -0.365. The molecule has 1 N–H and O–H groups in total. The fourth-order valence-electron chi connectivity index (χ4n) is 2.61. The molecule has 1 aliphatic heterocycles. The molecule has 2 atom stereocenters. The van der Waals surface area contributed by atoms with Crippen molar-refractivity contribution >= 4 is 23.8 Å². The number of nitrogens with zero attached hydrogens (tertiary/aromatic N) is 2. The van der Waals surface area contributed by atoms with Crippen LogP contribution in [-0.4, -0.2) is 56.2 Å². The average Bonchev–Trinajstić information content (AvgIpc) is 3.12. The minimum Gasteiger partial charge on any atom is -0.480 e. The molecule has 0 aromatic carbocycles. The van der Waals surface area contributed by atoms with Crippen LogP contribution in [0.4, 0.5) is 4.79 Å². The molecule has 21 heavy (non-hydrogen) atoms. The van der Waals surface area contributed by atoms with Crippen LogP contribution in [0.3, 0.4) is 0 Å². The van der Waals surface area contributed by atoms with Gasteiger partial charge in [-0.25, -0.2) is 9.59 Å². The Morgan fingerprint density at radius 1 is 1.43 bits per heavy atom. The molecule has 2 unspecified atom stereocenters. The highest BCUT2D eigenvalue weighted by molar-refractivity contribution is 8.00. The average molecular weight is 312 g/mol. The van der Waals surface area contributed by atoms with Crippen molar-refractivity contribution in [3.63, 3.8) is 0 Å². The number of hydrogen-bond donors (Lipinski definition) is 1. The first-order valence-electron chi connectivity index (χ1n) is 7.32. The molecule has 1 saturated heterocycles. The standard InChI is InChI=1S/C15H24N2O3S/c1-5-8-16(15(2,3)4)14(20)17-11(13(18)19)9-21-12(17)10-6-7-10/h5,10-12H,1,6-9H2,2-4H3,(H,18,19). The van der Waals surface area contributed by atoms with Crippen molar-refractivity contribution in [2.24, 2.45) is 5.92 Å². The molecule has 0 bridgehead atoms. The summed E-state index contributed by atoms with van der Waals surface area (Å²) in [4.78, 5) is 27.8. The van der Waals surface area contributed by atoms with Gasteiger partial charge in [0.1, 0.15) is 6.04 Å². The van der Waals surface area contributed by atoms with E-state index in [1.807, 2.05) is 20.8 Å². The largest absolute Gasteiger partial charge is 0.480 e. The Kier molecular flexibility index (Phi) is 4.56. The van der Waals surface area contributed by atoms with Crippen LogP contribution < -0.4 is 0 Å². The van der Waals surface area contributed by atoms with E-state index in [9.17, 15) is 14.7 Å². The fourth-order valence-corrected chi connectivity index (χ4v) is 4.24. The van der Waals surface area contributed by atoms with Gasteiger partial charge in [0, 0.05) is 17.8 Å². The van der Waals surface area contributed by atoms with Gasteiger partial charge >= 0.3 is 12.0 Å². The summed E-state index contributed by atoms with van der Waals surface area (Å²) in [5.74, 6) is 0.0224. The van der Waals surface area contributed by atoms with Gasteiger partial charge in [0.15, 0.2) is 0 Å². The smallest absolute Gasteiger partial charge is 0.327 e. The highest BCUT2D eigenvalue weighted by Crippen LogP contribution is 2.46. The van der Waals surface area contributed by atoms with Crippen LogP contribution in [0, 0.1) is 5.92 Å². The van der Waals surface area contributed by atoms with E-state index in [0.29, 0.717) is 18.2 Å². The molecule has 5 nitrogen and oxygen atoms in total. The monoisotopic (exact) mass is 312 g/mol. The number of carbonyl (C=O) groups is 2. The van der Waals surface area contributed by atoms with Gasteiger partial charge in [-0.2, -0.15) is 0 Å². The van der Waals surface area contributed by atoms with Crippen LogP contribution in [0.15, 0.2) is 12.7 Å². The van der Waals surface area contributed by atoms with Crippen LogP contribution >= 0.6 is 11.8 Å². The molecule has 1 aliphatic carbocycles. The molecule has 118 valence electrons. The maximum absolute atomic E-state index is 13.0. The molecule has 0 radical (unpaired) electrons. The number of carbonyl (C=O) groups excluding carboxylic acids is 1. The third-order valence-electron chi connectivity index (χ3n) is 3.92. The second-order valence-electron chi connectivity index (χ2n) is 6.68. The molecule has 0 aromatic heterocycles. The zero-order valence-electron chi connectivity index (χ0n) is 12.9. The van der Waals surface area contributed by atoms with Gasteiger partial charge < -0.3 is 10.0 Å². The van der Waals surface area contributed by atoms with E-state index in [4.69, 9.17) is 0 Å². The molecular weight excluding hydrogens is 288 g/mol. The van der Waals surface area contributed by atoms with E-state index in [1.165, 1.54) is 0 Å². The Hall–Kier alpha value is -1.17.